The summed E-state index contributed by atoms with van der Waals surface area (Å²) in [7, 11) is 0. The van der Waals surface area contributed by atoms with Crippen molar-refractivity contribution in [2.75, 3.05) is 0 Å². The first-order chi connectivity index (χ1) is 6.15. The molecule has 1 aromatic heterocycles. The average Bonchev–Trinajstić information content (AvgIpc) is 2.43. The summed E-state index contributed by atoms with van der Waals surface area (Å²) in [4.78, 5) is 1.03. The second-order valence-electron chi connectivity index (χ2n) is 2.99. The van der Waals surface area contributed by atoms with Crippen LogP contribution in [0, 0.1) is 6.92 Å². The van der Waals surface area contributed by atoms with Gasteiger partial charge in [0, 0.05) is 4.88 Å². The summed E-state index contributed by atoms with van der Waals surface area (Å²) in [6.07, 6.45) is 3.11. The van der Waals surface area contributed by atoms with Gasteiger partial charge in [0.2, 0.25) is 0 Å². The molecule has 1 atom stereocenters. The Kier molecular flexibility index (Phi) is 4.16. The van der Waals surface area contributed by atoms with Gasteiger partial charge in [0.05, 0.1) is 9.89 Å². The summed E-state index contributed by atoms with van der Waals surface area (Å²) < 4.78 is 1.11. The number of rotatable bonds is 4. The molecule has 72 valence electrons. The van der Waals surface area contributed by atoms with Gasteiger partial charge >= 0.3 is 0 Å². The predicted octanol–water partition coefficient (Wildman–Crippen LogP) is 3.82. The Balaban J connectivity index is 2.65. The van der Waals surface area contributed by atoms with Crippen molar-refractivity contribution in [2.24, 2.45) is 0 Å². The third kappa shape index (κ3) is 2.93. The highest BCUT2D eigenvalue weighted by molar-refractivity contribution is 9.11. The zero-order chi connectivity index (χ0) is 9.84. The maximum atomic E-state index is 9.73. The zero-order valence-electron chi connectivity index (χ0n) is 7.59. The minimum Gasteiger partial charge on any atom is -0.388 e. The molecule has 0 saturated carbocycles. The Morgan fingerprint density at radius 3 is 2.92 bits per heavy atom. The Hall–Kier alpha value is -0.120. The molecule has 0 fully saturated rings. The number of allylic oxidation sites excluding steroid dienone is 1. The highest BCUT2D eigenvalue weighted by Gasteiger charge is 2.10. The summed E-state index contributed by atoms with van der Waals surface area (Å²) in [5.41, 5.74) is 1.19. The van der Waals surface area contributed by atoms with Gasteiger partial charge in [-0.3, -0.25) is 0 Å². The van der Waals surface area contributed by atoms with Crippen LogP contribution in [0.5, 0.6) is 0 Å². The van der Waals surface area contributed by atoms with E-state index in [-0.39, 0.29) is 6.10 Å². The summed E-state index contributed by atoms with van der Waals surface area (Å²) in [6, 6.07) is 2.03. The summed E-state index contributed by atoms with van der Waals surface area (Å²) in [5.74, 6) is 0. The lowest BCUT2D eigenvalue weighted by Gasteiger charge is -2.04. The monoisotopic (exact) mass is 260 g/mol. The fourth-order valence-corrected chi connectivity index (χ4v) is 2.66. The Morgan fingerprint density at radius 1 is 1.77 bits per heavy atom. The molecule has 1 rings (SSSR count). The van der Waals surface area contributed by atoms with Crippen LogP contribution in [0.15, 0.2) is 22.5 Å². The molecule has 1 nitrogen and oxygen atoms in total. The van der Waals surface area contributed by atoms with Gasteiger partial charge < -0.3 is 5.11 Å². The van der Waals surface area contributed by atoms with Crippen molar-refractivity contribution in [2.45, 2.75) is 25.9 Å². The van der Waals surface area contributed by atoms with Crippen molar-refractivity contribution in [3.63, 3.8) is 0 Å². The van der Waals surface area contributed by atoms with Gasteiger partial charge in [-0.2, -0.15) is 0 Å². The van der Waals surface area contributed by atoms with Crippen molar-refractivity contribution in [1.29, 1.82) is 0 Å². The van der Waals surface area contributed by atoms with Gasteiger partial charge in [-0.05, 0) is 47.3 Å². The number of aliphatic hydroxyl groups excluding tert-OH is 1. The fraction of sp³-hybridized carbons (Fsp3) is 0.400. The van der Waals surface area contributed by atoms with Crippen LogP contribution in [-0.2, 0) is 0 Å². The Morgan fingerprint density at radius 2 is 2.46 bits per heavy atom. The van der Waals surface area contributed by atoms with E-state index in [0.29, 0.717) is 0 Å². The second-order valence-corrected chi connectivity index (χ2v) is 5.39. The van der Waals surface area contributed by atoms with Gasteiger partial charge in [-0.1, -0.05) is 6.08 Å². The molecule has 1 heterocycles. The average molecular weight is 261 g/mol. The van der Waals surface area contributed by atoms with Crippen LogP contribution in [0.25, 0.3) is 0 Å². The molecule has 1 unspecified atom stereocenters. The third-order valence-corrected chi connectivity index (χ3v) is 4.09. The molecule has 0 radical (unpaired) electrons. The van der Waals surface area contributed by atoms with E-state index in [9.17, 15) is 5.11 Å². The van der Waals surface area contributed by atoms with E-state index in [2.05, 4.69) is 22.5 Å². The van der Waals surface area contributed by atoms with Gasteiger partial charge in [0.15, 0.2) is 0 Å². The Labute approximate surface area is 91.2 Å². The molecular formula is C10H13BrOS. The minimum atomic E-state index is -0.340. The SMILES string of the molecule is C=CCCC(O)c1cc(C)c(Br)s1. The van der Waals surface area contributed by atoms with Crippen LogP contribution in [0.3, 0.4) is 0 Å². The van der Waals surface area contributed by atoms with E-state index >= 15 is 0 Å². The molecular weight excluding hydrogens is 248 g/mol. The minimum absolute atomic E-state index is 0.340. The molecule has 0 amide bonds. The zero-order valence-corrected chi connectivity index (χ0v) is 9.99. The number of aryl methyl sites for hydroxylation is 1. The number of hydrogen-bond acceptors (Lipinski definition) is 2. The maximum absolute atomic E-state index is 9.73. The molecule has 3 heteroatoms. The first-order valence-corrected chi connectivity index (χ1v) is 5.81. The number of aliphatic hydroxyl groups is 1. The van der Waals surface area contributed by atoms with Crippen molar-refractivity contribution in [3.05, 3.63) is 32.9 Å². The smallest absolute Gasteiger partial charge is 0.0885 e. The van der Waals surface area contributed by atoms with Crippen molar-refractivity contribution in [1.82, 2.24) is 0 Å². The van der Waals surface area contributed by atoms with Crippen LogP contribution in [0.1, 0.15) is 29.4 Å². The first-order valence-electron chi connectivity index (χ1n) is 4.20. The van der Waals surface area contributed by atoms with Gasteiger partial charge in [-0.15, -0.1) is 17.9 Å². The fourth-order valence-electron chi connectivity index (χ4n) is 1.07. The third-order valence-electron chi connectivity index (χ3n) is 1.85. The lowest BCUT2D eigenvalue weighted by molar-refractivity contribution is 0.172. The van der Waals surface area contributed by atoms with Crippen molar-refractivity contribution < 1.29 is 5.11 Å². The van der Waals surface area contributed by atoms with Crippen LogP contribution >= 0.6 is 27.3 Å². The quantitative estimate of drug-likeness (QED) is 0.817. The molecule has 1 N–H and O–H groups in total. The lowest BCUT2D eigenvalue weighted by Crippen LogP contribution is -1.92. The number of thiophene rings is 1. The van der Waals surface area contributed by atoms with E-state index < -0.39 is 0 Å². The highest BCUT2D eigenvalue weighted by atomic mass is 79.9. The van der Waals surface area contributed by atoms with E-state index in [1.165, 1.54) is 5.56 Å². The molecule has 1 aromatic rings. The molecule has 0 bridgehead atoms. The van der Waals surface area contributed by atoms with E-state index in [1.54, 1.807) is 11.3 Å². The maximum Gasteiger partial charge on any atom is 0.0885 e. The van der Waals surface area contributed by atoms with Crippen LogP contribution in [0.2, 0.25) is 0 Å². The molecule has 13 heavy (non-hydrogen) atoms. The summed E-state index contributed by atoms with van der Waals surface area (Å²) in [6.45, 7) is 5.66. The van der Waals surface area contributed by atoms with Gasteiger partial charge in [0.25, 0.3) is 0 Å². The van der Waals surface area contributed by atoms with Crippen LogP contribution < -0.4 is 0 Å². The summed E-state index contributed by atoms with van der Waals surface area (Å²) in [5, 5.41) is 9.73. The standard InChI is InChI=1S/C10H13BrOS/c1-3-4-5-8(12)9-6-7(2)10(11)13-9/h3,6,8,12H,1,4-5H2,2H3. The molecule has 0 aliphatic rings. The first kappa shape index (κ1) is 11.0. The predicted molar refractivity (Wildman–Crippen MR) is 61.1 cm³/mol. The molecule has 0 aliphatic carbocycles. The molecule has 0 saturated heterocycles. The summed E-state index contributed by atoms with van der Waals surface area (Å²) >= 11 is 5.05. The van der Waals surface area contributed by atoms with Crippen molar-refractivity contribution >= 4 is 27.3 Å². The van der Waals surface area contributed by atoms with Crippen LogP contribution in [-0.4, -0.2) is 5.11 Å². The van der Waals surface area contributed by atoms with E-state index in [4.69, 9.17) is 0 Å². The largest absolute Gasteiger partial charge is 0.388 e. The Bertz CT molecular complexity index is 274. The van der Waals surface area contributed by atoms with Gasteiger partial charge in [-0.25, -0.2) is 0 Å². The normalized spacial score (nSPS) is 12.8. The van der Waals surface area contributed by atoms with Crippen LogP contribution in [0.4, 0.5) is 0 Å². The highest BCUT2D eigenvalue weighted by Crippen LogP contribution is 2.32. The molecule has 0 spiro atoms. The molecule has 0 aromatic carbocycles. The molecule has 0 aliphatic heterocycles. The van der Waals surface area contributed by atoms with Crippen molar-refractivity contribution in [3.8, 4) is 0 Å². The van der Waals surface area contributed by atoms with Gasteiger partial charge in [0.1, 0.15) is 0 Å². The van der Waals surface area contributed by atoms with E-state index in [0.717, 1.165) is 21.5 Å². The number of hydrogen-bond donors (Lipinski definition) is 1. The van der Waals surface area contributed by atoms with E-state index in [1.807, 2.05) is 19.1 Å². The second kappa shape index (κ2) is 4.94. The number of halogens is 1. The lowest BCUT2D eigenvalue weighted by atomic mass is 10.1. The topological polar surface area (TPSA) is 20.2 Å².